The van der Waals surface area contributed by atoms with Crippen LogP contribution in [-0.4, -0.2) is 26.2 Å². The first-order valence-corrected chi connectivity index (χ1v) is 6.70. The fourth-order valence-corrected chi connectivity index (χ4v) is 1.94. The normalized spacial score (nSPS) is 17.0. The standard InChI is InChI=1S/C13H28N2/c1-12(2)11-15-9-4-8-14-10-7-13-5-3-6-13/h12-15H,3-11H2,1-2H3. The first-order chi connectivity index (χ1) is 7.29. The van der Waals surface area contributed by atoms with Crippen molar-refractivity contribution in [3.63, 3.8) is 0 Å². The minimum absolute atomic E-state index is 0.775. The van der Waals surface area contributed by atoms with E-state index in [2.05, 4.69) is 24.5 Å². The van der Waals surface area contributed by atoms with E-state index in [4.69, 9.17) is 0 Å². The van der Waals surface area contributed by atoms with Crippen molar-refractivity contribution in [2.75, 3.05) is 26.2 Å². The molecule has 1 rings (SSSR count). The third kappa shape index (κ3) is 6.91. The Bertz CT molecular complexity index is 141. The van der Waals surface area contributed by atoms with E-state index in [0.29, 0.717) is 0 Å². The number of hydrogen-bond donors (Lipinski definition) is 2. The van der Waals surface area contributed by atoms with E-state index in [9.17, 15) is 0 Å². The molecule has 2 heteroatoms. The third-order valence-corrected chi connectivity index (χ3v) is 3.21. The molecule has 1 aliphatic carbocycles. The van der Waals surface area contributed by atoms with Crippen molar-refractivity contribution < 1.29 is 0 Å². The Kier molecular flexibility index (Phi) is 7.03. The summed E-state index contributed by atoms with van der Waals surface area (Å²) < 4.78 is 0. The maximum Gasteiger partial charge on any atom is -0.00258 e. The average Bonchev–Trinajstić information content (AvgIpc) is 2.12. The molecule has 0 aromatic carbocycles. The Balaban J connectivity index is 1.69. The SMILES string of the molecule is CC(C)CNCCCNCCC1CCC1. The van der Waals surface area contributed by atoms with E-state index in [1.165, 1.54) is 45.2 Å². The van der Waals surface area contributed by atoms with E-state index in [0.717, 1.165) is 24.9 Å². The van der Waals surface area contributed by atoms with Crippen LogP contribution in [0.25, 0.3) is 0 Å². The van der Waals surface area contributed by atoms with Gasteiger partial charge in [-0.15, -0.1) is 0 Å². The summed E-state index contributed by atoms with van der Waals surface area (Å²) in [5, 5.41) is 7.00. The molecule has 2 nitrogen and oxygen atoms in total. The molecule has 0 radical (unpaired) electrons. The topological polar surface area (TPSA) is 24.1 Å². The summed E-state index contributed by atoms with van der Waals surface area (Å²) in [5.41, 5.74) is 0. The second-order valence-electron chi connectivity index (χ2n) is 5.29. The van der Waals surface area contributed by atoms with Crippen molar-refractivity contribution in [2.24, 2.45) is 11.8 Å². The lowest BCUT2D eigenvalue weighted by Gasteiger charge is -2.25. The van der Waals surface area contributed by atoms with Crippen molar-refractivity contribution in [2.45, 2.75) is 46.0 Å². The average molecular weight is 212 g/mol. The second kappa shape index (κ2) is 8.12. The van der Waals surface area contributed by atoms with Crippen LogP contribution in [0.3, 0.4) is 0 Å². The van der Waals surface area contributed by atoms with Crippen LogP contribution in [0, 0.1) is 11.8 Å². The molecule has 0 spiro atoms. The van der Waals surface area contributed by atoms with Gasteiger partial charge in [-0.05, 0) is 50.9 Å². The molecule has 0 atom stereocenters. The predicted octanol–water partition coefficient (Wildman–Crippen LogP) is 2.40. The van der Waals surface area contributed by atoms with Crippen molar-refractivity contribution in [1.82, 2.24) is 10.6 Å². The molecule has 0 aliphatic heterocycles. The van der Waals surface area contributed by atoms with Gasteiger partial charge in [0.05, 0.1) is 0 Å². The van der Waals surface area contributed by atoms with Crippen LogP contribution in [-0.2, 0) is 0 Å². The quantitative estimate of drug-likeness (QED) is 0.574. The summed E-state index contributed by atoms with van der Waals surface area (Å²) >= 11 is 0. The summed E-state index contributed by atoms with van der Waals surface area (Å²) in [4.78, 5) is 0. The summed E-state index contributed by atoms with van der Waals surface area (Å²) in [6.45, 7) is 9.23. The number of rotatable bonds is 9. The lowest BCUT2D eigenvalue weighted by molar-refractivity contribution is 0.292. The van der Waals surface area contributed by atoms with Gasteiger partial charge in [-0.3, -0.25) is 0 Å². The van der Waals surface area contributed by atoms with Crippen molar-refractivity contribution in [3.05, 3.63) is 0 Å². The number of hydrogen-bond acceptors (Lipinski definition) is 2. The van der Waals surface area contributed by atoms with Gasteiger partial charge in [0.1, 0.15) is 0 Å². The zero-order chi connectivity index (χ0) is 10.9. The van der Waals surface area contributed by atoms with Gasteiger partial charge in [0.25, 0.3) is 0 Å². The molecule has 0 saturated heterocycles. The van der Waals surface area contributed by atoms with Crippen LogP contribution in [0.4, 0.5) is 0 Å². The van der Waals surface area contributed by atoms with Crippen LogP contribution >= 0.6 is 0 Å². The molecule has 1 saturated carbocycles. The minimum Gasteiger partial charge on any atom is -0.317 e. The summed E-state index contributed by atoms with van der Waals surface area (Å²) in [6, 6.07) is 0. The van der Waals surface area contributed by atoms with Crippen LogP contribution in [0.2, 0.25) is 0 Å². The van der Waals surface area contributed by atoms with Crippen LogP contribution in [0.1, 0.15) is 46.0 Å². The highest BCUT2D eigenvalue weighted by molar-refractivity contribution is 4.70. The summed E-state index contributed by atoms with van der Waals surface area (Å²) in [6.07, 6.45) is 7.11. The maximum absolute atomic E-state index is 3.53. The zero-order valence-corrected chi connectivity index (χ0v) is 10.5. The highest BCUT2D eigenvalue weighted by atomic mass is 14.9. The molecule has 0 unspecified atom stereocenters. The highest BCUT2D eigenvalue weighted by Gasteiger charge is 2.15. The molecule has 15 heavy (non-hydrogen) atoms. The molecule has 1 aliphatic rings. The molecule has 90 valence electrons. The smallest absolute Gasteiger partial charge is 0.00258 e. The number of nitrogens with one attached hydrogen (secondary N) is 2. The molecular weight excluding hydrogens is 184 g/mol. The lowest BCUT2D eigenvalue weighted by Crippen LogP contribution is -2.26. The Labute approximate surface area is 95.2 Å². The molecule has 0 aromatic heterocycles. The van der Waals surface area contributed by atoms with E-state index >= 15 is 0 Å². The second-order valence-corrected chi connectivity index (χ2v) is 5.29. The Morgan fingerprint density at radius 2 is 1.80 bits per heavy atom. The molecule has 2 N–H and O–H groups in total. The van der Waals surface area contributed by atoms with Crippen molar-refractivity contribution in [3.8, 4) is 0 Å². The third-order valence-electron chi connectivity index (χ3n) is 3.21. The maximum atomic E-state index is 3.53. The van der Waals surface area contributed by atoms with Gasteiger partial charge in [0.15, 0.2) is 0 Å². The van der Waals surface area contributed by atoms with E-state index < -0.39 is 0 Å². The summed E-state index contributed by atoms with van der Waals surface area (Å²) in [7, 11) is 0. The molecular formula is C13H28N2. The van der Waals surface area contributed by atoms with Gasteiger partial charge in [0.2, 0.25) is 0 Å². The van der Waals surface area contributed by atoms with Gasteiger partial charge in [0, 0.05) is 0 Å². The minimum atomic E-state index is 0.775. The van der Waals surface area contributed by atoms with Gasteiger partial charge in [-0.2, -0.15) is 0 Å². The predicted molar refractivity (Wildman–Crippen MR) is 67.2 cm³/mol. The van der Waals surface area contributed by atoms with Crippen LogP contribution in [0.15, 0.2) is 0 Å². The molecule has 0 heterocycles. The largest absolute Gasteiger partial charge is 0.317 e. The Morgan fingerprint density at radius 3 is 2.40 bits per heavy atom. The Morgan fingerprint density at radius 1 is 1.07 bits per heavy atom. The van der Waals surface area contributed by atoms with Gasteiger partial charge < -0.3 is 10.6 Å². The molecule has 0 bridgehead atoms. The van der Waals surface area contributed by atoms with Gasteiger partial charge in [-0.25, -0.2) is 0 Å². The summed E-state index contributed by atoms with van der Waals surface area (Å²) in [5.74, 6) is 1.83. The van der Waals surface area contributed by atoms with E-state index in [-0.39, 0.29) is 0 Å². The lowest BCUT2D eigenvalue weighted by atomic mass is 9.83. The van der Waals surface area contributed by atoms with E-state index in [1.54, 1.807) is 0 Å². The van der Waals surface area contributed by atoms with Gasteiger partial charge in [-0.1, -0.05) is 33.1 Å². The molecule has 0 aromatic rings. The monoisotopic (exact) mass is 212 g/mol. The van der Waals surface area contributed by atoms with Crippen LogP contribution < -0.4 is 10.6 Å². The zero-order valence-electron chi connectivity index (χ0n) is 10.5. The van der Waals surface area contributed by atoms with Crippen LogP contribution in [0.5, 0.6) is 0 Å². The van der Waals surface area contributed by atoms with Crippen molar-refractivity contribution in [1.29, 1.82) is 0 Å². The van der Waals surface area contributed by atoms with E-state index in [1.807, 2.05) is 0 Å². The molecule has 1 fully saturated rings. The van der Waals surface area contributed by atoms with Gasteiger partial charge >= 0.3 is 0 Å². The Hall–Kier alpha value is -0.0800. The first kappa shape index (κ1) is 13.0. The van der Waals surface area contributed by atoms with Crippen molar-refractivity contribution >= 4 is 0 Å². The fourth-order valence-electron chi connectivity index (χ4n) is 1.94. The first-order valence-electron chi connectivity index (χ1n) is 6.70. The fraction of sp³-hybridized carbons (Fsp3) is 1.00. The highest BCUT2D eigenvalue weighted by Crippen LogP contribution is 2.28. The molecule has 0 amide bonds.